The summed E-state index contributed by atoms with van der Waals surface area (Å²) in [7, 11) is 0. The molecule has 3 heterocycles. The van der Waals surface area contributed by atoms with Gasteiger partial charge >= 0.3 is 0 Å². The van der Waals surface area contributed by atoms with Gasteiger partial charge in [0.05, 0.1) is 0 Å². The Hall–Kier alpha value is -3.15. The van der Waals surface area contributed by atoms with E-state index >= 15 is 0 Å². The van der Waals surface area contributed by atoms with Crippen molar-refractivity contribution in [2.24, 2.45) is 0 Å². The van der Waals surface area contributed by atoms with Crippen molar-refractivity contribution < 1.29 is 0 Å². The van der Waals surface area contributed by atoms with Gasteiger partial charge in [-0.2, -0.15) is 4.98 Å². The Labute approximate surface area is 166 Å². The van der Waals surface area contributed by atoms with Crippen molar-refractivity contribution in [3.05, 3.63) is 71.5 Å². The van der Waals surface area contributed by atoms with Crippen molar-refractivity contribution in [2.75, 3.05) is 22.1 Å². The van der Waals surface area contributed by atoms with Gasteiger partial charge in [0.2, 0.25) is 5.95 Å². The molecule has 0 spiro atoms. The van der Waals surface area contributed by atoms with Crippen molar-refractivity contribution >= 4 is 17.6 Å². The molecule has 6 nitrogen and oxygen atoms in total. The van der Waals surface area contributed by atoms with Crippen molar-refractivity contribution in [3.8, 4) is 0 Å². The van der Waals surface area contributed by atoms with Crippen molar-refractivity contribution in [1.82, 2.24) is 15.0 Å². The molecule has 0 unspecified atom stereocenters. The van der Waals surface area contributed by atoms with Crippen LogP contribution in [0, 0.1) is 0 Å². The quantitative estimate of drug-likeness (QED) is 0.683. The van der Waals surface area contributed by atoms with E-state index in [-0.39, 0.29) is 0 Å². The number of hydrogen-bond donors (Lipinski definition) is 2. The second-order valence-electron chi connectivity index (χ2n) is 7.34. The first-order chi connectivity index (χ1) is 13.7. The van der Waals surface area contributed by atoms with Crippen LogP contribution in [0.4, 0.5) is 17.6 Å². The third kappa shape index (κ3) is 4.22. The number of hydrogen-bond acceptors (Lipinski definition) is 6. The van der Waals surface area contributed by atoms with Crippen LogP contribution in [0.3, 0.4) is 0 Å². The first-order valence-electron chi connectivity index (χ1n) is 9.78. The molecule has 0 amide bonds. The summed E-state index contributed by atoms with van der Waals surface area (Å²) < 4.78 is 0. The summed E-state index contributed by atoms with van der Waals surface area (Å²) in [6.45, 7) is 6.68. The van der Waals surface area contributed by atoms with Gasteiger partial charge in [-0.15, -0.1) is 0 Å². The molecule has 28 heavy (non-hydrogen) atoms. The number of aromatic nitrogens is 3. The molecule has 4 rings (SSSR count). The molecular formula is C22H26N6. The predicted molar refractivity (Wildman–Crippen MR) is 114 cm³/mol. The SMILES string of the molecule is CC(C)Nc1ccnc(NCc2cccnc2N2CCc3ccccc3C2)n1. The Morgan fingerprint density at radius 3 is 2.71 bits per heavy atom. The summed E-state index contributed by atoms with van der Waals surface area (Å²) in [5, 5.41) is 6.65. The molecule has 0 fully saturated rings. The minimum atomic E-state index is 0.328. The fraction of sp³-hybridized carbons (Fsp3) is 0.318. The van der Waals surface area contributed by atoms with E-state index in [1.807, 2.05) is 18.3 Å². The Bertz CT molecular complexity index is 940. The lowest BCUT2D eigenvalue weighted by Gasteiger charge is -2.31. The molecule has 0 bridgehead atoms. The lowest BCUT2D eigenvalue weighted by molar-refractivity contribution is 0.716. The summed E-state index contributed by atoms with van der Waals surface area (Å²) >= 11 is 0. The zero-order valence-corrected chi connectivity index (χ0v) is 16.4. The zero-order chi connectivity index (χ0) is 19.3. The van der Waals surface area contributed by atoms with Crippen molar-refractivity contribution in [2.45, 2.75) is 39.4 Å². The Balaban J connectivity index is 1.48. The maximum absolute atomic E-state index is 4.68. The normalized spacial score (nSPS) is 13.3. The largest absolute Gasteiger partial charge is 0.368 e. The maximum Gasteiger partial charge on any atom is 0.224 e. The van der Waals surface area contributed by atoms with E-state index in [0.717, 1.165) is 36.7 Å². The second kappa shape index (κ2) is 8.25. The Kier molecular flexibility index (Phi) is 5.37. The average molecular weight is 374 g/mol. The predicted octanol–water partition coefficient (Wildman–Crippen LogP) is 3.87. The number of pyridine rings is 1. The van der Waals surface area contributed by atoms with E-state index in [2.05, 4.69) is 74.7 Å². The first-order valence-corrected chi connectivity index (χ1v) is 9.78. The molecule has 0 radical (unpaired) electrons. The van der Waals surface area contributed by atoms with Crippen LogP contribution in [0.1, 0.15) is 30.5 Å². The van der Waals surface area contributed by atoms with Gasteiger partial charge in [0.15, 0.2) is 0 Å². The minimum absolute atomic E-state index is 0.328. The zero-order valence-electron chi connectivity index (χ0n) is 16.4. The van der Waals surface area contributed by atoms with Crippen LogP contribution in [0.25, 0.3) is 0 Å². The summed E-state index contributed by atoms with van der Waals surface area (Å²) in [5.74, 6) is 2.47. The monoisotopic (exact) mass is 374 g/mol. The van der Waals surface area contributed by atoms with Crippen LogP contribution in [0.5, 0.6) is 0 Å². The number of benzene rings is 1. The molecule has 0 aliphatic carbocycles. The lowest BCUT2D eigenvalue weighted by atomic mass is 9.99. The van der Waals surface area contributed by atoms with Gasteiger partial charge < -0.3 is 15.5 Å². The van der Waals surface area contributed by atoms with E-state index < -0.39 is 0 Å². The van der Waals surface area contributed by atoms with Gasteiger partial charge in [0.25, 0.3) is 0 Å². The highest BCUT2D eigenvalue weighted by Gasteiger charge is 2.19. The van der Waals surface area contributed by atoms with Gasteiger partial charge in [-0.1, -0.05) is 30.3 Å². The van der Waals surface area contributed by atoms with Gasteiger partial charge in [0, 0.05) is 43.6 Å². The number of fused-ring (bicyclic) bond motifs is 1. The number of rotatable bonds is 6. The molecule has 1 aromatic carbocycles. The summed E-state index contributed by atoms with van der Waals surface area (Å²) in [4.78, 5) is 15.9. The fourth-order valence-corrected chi connectivity index (χ4v) is 3.52. The third-order valence-electron chi connectivity index (χ3n) is 4.83. The Morgan fingerprint density at radius 1 is 1.00 bits per heavy atom. The summed E-state index contributed by atoms with van der Waals surface area (Å²) in [6, 6.07) is 15.0. The minimum Gasteiger partial charge on any atom is -0.368 e. The third-order valence-corrected chi connectivity index (χ3v) is 4.83. The number of nitrogens with one attached hydrogen (secondary N) is 2. The highest BCUT2D eigenvalue weighted by Crippen LogP contribution is 2.26. The van der Waals surface area contributed by atoms with Crippen LogP contribution >= 0.6 is 0 Å². The van der Waals surface area contributed by atoms with Gasteiger partial charge in [-0.3, -0.25) is 0 Å². The fourth-order valence-electron chi connectivity index (χ4n) is 3.52. The van der Waals surface area contributed by atoms with Gasteiger partial charge in [-0.25, -0.2) is 9.97 Å². The molecular weight excluding hydrogens is 348 g/mol. The molecule has 0 atom stereocenters. The van der Waals surface area contributed by atoms with Crippen LogP contribution in [0.15, 0.2) is 54.9 Å². The molecule has 0 saturated heterocycles. The number of anilines is 3. The standard InChI is InChI=1S/C22H26N6/c1-16(2)26-20-9-12-24-22(27-20)25-14-18-8-5-11-23-21(18)28-13-10-17-6-3-4-7-19(17)15-28/h3-9,11-12,16H,10,13-15H2,1-2H3,(H2,24,25,26,27). The molecule has 0 saturated carbocycles. The molecule has 3 aromatic rings. The molecule has 2 aromatic heterocycles. The maximum atomic E-state index is 4.68. The smallest absolute Gasteiger partial charge is 0.224 e. The summed E-state index contributed by atoms with van der Waals surface area (Å²) in [5.41, 5.74) is 3.97. The lowest BCUT2D eigenvalue weighted by Crippen LogP contribution is -2.32. The molecule has 6 heteroatoms. The van der Waals surface area contributed by atoms with Crippen molar-refractivity contribution in [1.29, 1.82) is 0 Å². The van der Waals surface area contributed by atoms with E-state index in [9.17, 15) is 0 Å². The highest BCUT2D eigenvalue weighted by molar-refractivity contribution is 5.51. The average Bonchev–Trinajstić information content (AvgIpc) is 2.72. The van der Waals surface area contributed by atoms with Crippen LogP contribution in [0.2, 0.25) is 0 Å². The van der Waals surface area contributed by atoms with E-state index in [1.54, 1.807) is 6.20 Å². The van der Waals surface area contributed by atoms with Crippen molar-refractivity contribution in [3.63, 3.8) is 0 Å². The number of nitrogens with zero attached hydrogens (tertiary/aromatic N) is 4. The second-order valence-corrected chi connectivity index (χ2v) is 7.34. The molecule has 1 aliphatic rings. The molecule has 2 N–H and O–H groups in total. The van der Waals surface area contributed by atoms with Crippen LogP contribution < -0.4 is 15.5 Å². The molecule has 1 aliphatic heterocycles. The Morgan fingerprint density at radius 2 is 1.86 bits per heavy atom. The van der Waals surface area contributed by atoms with E-state index in [1.165, 1.54) is 11.1 Å². The topological polar surface area (TPSA) is 66.0 Å². The van der Waals surface area contributed by atoms with Gasteiger partial charge in [-0.05, 0) is 43.5 Å². The van der Waals surface area contributed by atoms with E-state index in [4.69, 9.17) is 0 Å². The van der Waals surface area contributed by atoms with Crippen LogP contribution in [-0.2, 0) is 19.5 Å². The summed E-state index contributed by atoms with van der Waals surface area (Å²) in [6.07, 6.45) is 4.68. The highest BCUT2D eigenvalue weighted by atomic mass is 15.2. The molecule has 144 valence electrons. The first kappa shape index (κ1) is 18.2. The van der Waals surface area contributed by atoms with Crippen LogP contribution in [-0.4, -0.2) is 27.5 Å². The van der Waals surface area contributed by atoms with Gasteiger partial charge in [0.1, 0.15) is 11.6 Å². The van der Waals surface area contributed by atoms with E-state index in [0.29, 0.717) is 18.5 Å².